The van der Waals surface area contributed by atoms with Crippen LogP contribution in [0.1, 0.15) is 25.7 Å². The molecule has 2 fully saturated rings. The van der Waals surface area contributed by atoms with Crippen molar-refractivity contribution in [2.75, 3.05) is 25.1 Å². The van der Waals surface area contributed by atoms with Crippen LogP contribution in [0.5, 0.6) is 5.75 Å². The molecule has 0 radical (unpaired) electrons. The fourth-order valence-corrected chi connectivity index (χ4v) is 2.99. The Morgan fingerprint density at radius 1 is 1.43 bits per heavy atom. The average molecular weight is 291 g/mol. The van der Waals surface area contributed by atoms with Gasteiger partial charge < -0.3 is 15.0 Å². The lowest BCUT2D eigenvalue weighted by Crippen LogP contribution is -2.39. The lowest BCUT2D eigenvalue weighted by molar-refractivity contribution is -0.384. The largest absolute Gasteiger partial charge is 0.497 e. The monoisotopic (exact) mass is 291 g/mol. The van der Waals surface area contributed by atoms with E-state index in [0.717, 1.165) is 32.4 Å². The number of hydrogen-bond acceptors (Lipinski definition) is 5. The predicted octanol–water partition coefficient (Wildman–Crippen LogP) is 2.32. The second kappa shape index (κ2) is 5.89. The van der Waals surface area contributed by atoms with Gasteiger partial charge in [-0.1, -0.05) is 0 Å². The van der Waals surface area contributed by atoms with Crippen LogP contribution in [0.2, 0.25) is 0 Å². The smallest absolute Gasteiger partial charge is 0.292 e. The summed E-state index contributed by atoms with van der Waals surface area (Å²) in [4.78, 5) is 13.2. The second-order valence-electron chi connectivity index (χ2n) is 5.79. The molecule has 1 aromatic carbocycles. The number of ether oxygens (including phenoxy) is 1. The van der Waals surface area contributed by atoms with Gasteiger partial charge in [-0.25, -0.2) is 0 Å². The van der Waals surface area contributed by atoms with Gasteiger partial charge in [0.2, 0.25) is 0 Å². The van der Waals surface area contributed by atoms with Crippen molar-refractivity contribution in [1.29, 1.82) is 0 Å². The molecule has 21 heavy (non-hydrogen) atoms. The molecule has 1 saturated heterocycles. The predicted molar refractivity (Wildman–Crippen MR) is 81.0 cm³/mol. The molecule has 114 valence electrons. The van der Waals surface area contributed by atoms with E-state index >= 15 is 0 Å². The Hall–Kier alpha value is -1.82. The van der Waals surface area contributed by atoms with Gasteiger partial charge in [-0.2, -0.15) is 0 Å². The van der Waals surface area contributed by atoms with Gasteiger partial charge in [0.25, 0.3) is 5.69 Å². The Morgan fingerprint density at radius 2 is 2.24 bits per heavy atom. The third-order valence-corrected chi connectivity index (χ3v) is 4.26. The van der Waals surface area contributed by atoms with E-state index in [4.69, 9.17) is 4.74 Å². The van der Waals surface area contributed by atoms with Crippen LogP contribution in [-0.2, 0) is 0 Å². The molecule has 1 aliphatic heterocycles. The summed E-state index contributed by atoms with van der Waals surface area (Å²) in [5, 5.41) is 14.8. The van der Waals surface area contributed by atoms with Crippen LogP contribution < -0.4 is 15.0 Å². The topological polar surface area (TPSA) is 67.6 Å². The highest BCUT2D eigenvalue weighted by molar-refractivity contribution is 5.67. The van der Waals surface area contributed by atoms with Crippen molar-refractivity contribution in [3.05, 3.63) is 28.3 Å². The first-order valence-corrected chi connectivity index (χ1v) is 7.51. The molecule has 1 heterocycles. The van der Waals surface area contributed by atoms with E-state index in [1.165, 1.54) is 6.42 Å². The molecule has 2 aliphatic rings. The summed E-state index contributed by atoms with van der Waals surface area (Å²) in [6, 6.07) is 5.85. The number of nitro benzene ring substituents is 1. The molecular formula is C15H21N3O3. The van der Waals surface area contributed by atoms with Gasteiger partial charge in [-0.3, -0.25) is 10.1 Å². The van der Waals surface area contributed by atoms with Crippen LogP contribution in [0.4, 0.5) is 11.4 Å². The SMILES string of the molecule is COc1ccc([N+](=O)[O-])c(N(CC2CCCN2)C2CC2)c1. The number of nitrogens with zero attached hydrogens (tertiary/aromatic N) is 2. The molecule has 0 bridgehead atoms. The fraction of sp³-hybridized carbons (Fsp3) is 0.600. The molecule has 0 spiro atoms. The van der Waals surface area contributed by atoms with Crippen LogP contribution >= 0.6 is 0 Å². The average Bonchev–Trinajstić information content (AvgIpc) is 3.20. The van der Waals surface area contributed by atoms with Crippen molar-refractivity contribution in [2.45, 2.75) is 37.8 Å². The Bertz CT molecular complexity index is 525. The molecule has 6 heteroatoms. The summed E-state index contributed by atoms with van der Waals surface area (Å²) in [6.07, 6.45) is 4.55. The van der Waals surface area contributed by atoms with Gasteiger partial charge in [0.05, 0.1) is 12.0 Å². The Labute approximate surface area is 124 Å². The van der Waals surface area contributed by atoms with Crippen LogP contribution in [-0.4, -0.2) is 37.2 Å². The molecule has 1 N–H and O–H groups in total. The second-order valence-corrected chi connectivity index (χ2v) is 5.79. The molecule has 1 aliphatic carbocycles. The van der Waals surface area contributed by atoms with E-state index in [2.05, 4.69) is 10.2 Å². The van der Waals surface area contributed by atoms with Crippen molar-refractivity contribution in [3.8, 4) is 5.75 Å². The zero-order valence-electron chi connectivity index (χ0n) is 12.2. The van der Waals surface area contributed by atoms with Crippen molar-refractivity contribution in [2.24, 2.45) is 0 Å². The van der Waals surface area contributed by atoms with E-state index in [1.807, 2.05) is 0 Å². The minimum atomic E-state index is -0.299. The minimum Gasteiger partial charge on any atom is -0.497 e. The first-order valence-electron chi connectivity index (χ1n) is 7.51. The lowest BCUT2D eigenvalue weighted by atomic mass is 10.1. The minimum absolute atomic E-state index is 0.167. The van der Waals surface area contributed by atoms with E-state index in [-0.39, 0.29) is 10.6 Å². The van der Waals surface area contributed by atoms with Crippen molar-refractivity contribution >= 4 is 11.4 Å². The lowest BCUT2D eigenvalue weighted by Gasteiger charge is -2.27. The van der Waals surface area contributed by atoms with Crippen LogP contribution in [0.3, 0.4) is 0 Å². The van der Waals surface area contributed by atoms with Gasteiger partial charge in [-0.15, -0.1) is 0 Å². The Kier molecular flexibility index (Phi) is 3.96. The standard InChI is InChI=1S/C15H21N3O3/c1-21-13-6-7-14(18(19)20)15(9-13)17(12-4-5-12)10-11-3-2-8-16-11/h6-7,9,11-12,16H,2-5,8,10H2,1H3. The molecule has 1 aromatic rings. The Morgan fingerprint density at radius 3 is 2.81 bits per heavy atom. The number of nitrogens with one attached hydrogen (secondary N) is 1. The summed E-state index contributed by atoms with van der Waals surface area (Å²) in [7, 11) is 1.59. The number of benzene rings is 1. The fourth-order valence-electron chi connectivity index (χ4n) is 2.99. The number of methoxy groups -OCH3 is 1. The summed E-state index contributed by atoms with van der Waals surface area (Å²) >= 11 is 0. The molecule has 3 rings (SSSR count). The third-order valence-electron chi connectivity index (χ3n) is 4.26. The zero-order valence-corrected chi connectivity index (χ0v) is 12.2. The van der Waals surface area contributed by atoms with E-state index in [0.29, 0.717) is 23.5 Å². The van der Waals surface area contributed by atoms with Crippen molar-refractivity contribution in [1.82, 2.24) is 5.32 Å². The van der Waals surface area contributed by atoms with E-state index < -0.39 is 0 Å². The summed E-state index contributed by atoms with van der Waals surface area (Å²) in [5.74, 6) is 0.667. The number of hydrogen-bond donors (Lipinski definition) is 1. The first-order chi connectivity index (χ1) is 10.2. The van der Waals surface area contributed by atoms with Crippen molar-refractivity contribution in [3.63, 3.8) is 0 Å². The third kappa shape index (κ3) is 3.10. The summed E-state index contributed by atoms with van der Waals surface area (Å²) in [5.41, 5.74) is 0.858. The van der Waals surface area contributed by atoms with Crippen LogP contribution in [0.25, 0.3) is 0 Å². The highest BCUT2D eigenvalue weighted by atomic mass is 16.6. The normalized spacial score (nSPS) is 21.3. The molecule has 0 amide bonds. The summed E-state index contributed by atoms with van der Waals surface area (Å²) in [6.45, 7) is 1.88. The summed E-state index contributed by atoms with van der Waals surface area (Å²) < 4.78 is 5.24. The molecule has 1 atom stereocenters. The molecular weight excluding hydrogens is 270 g/mol. The van der Waals surface area contributed by atoms with Crippen LogP contribution in [0, 0.1) is 10.1 Å². The maximum Gasteiger partial charge on any atom is 0.292 e. The number of rotatable bonds is 6. The highest BCUT2D eigenvalue weighted by Gasteiger charge is 2.35. The van der Waals surface area contributed by atoms with Gasteiger partial charge >= 0.3 is 0 Å². The van der Waals surface area contributed by atoms with E-state index in [9.17, 15) is 10.1 Å². The molecule has 1 unspecified atom stereocenters. The number of nitro groups is 1. The van der Waals surface area contributed by atoms with Crippen LogP contribution in [0.15, 0.2) is 18.2 Å². The van der Waals surface area contributed by atoms with Gasteiger partial charge in [0.1, 0.15) is 11.4 Å². The van der Waals surface area contributed by atoms with Gasteiger partial charge in [-0.05, 0) is 38.3 Å². The number of anilines is 1. The maximum atomic E-state index is 11.3. The highest BCUT2D eigenvalue weighted by Crippen LogP contribution is 2.39. The van der Waals surface area contributed by atoms with E-state index in [1.54, 1.807) is 25.3 Å². The molecule has 0 aromatic heterocycles. The molecule has 1 saturated carbocycles. The first kappa shape index (κ1) is 14.1. The quantitative estimate of drug-likeness (QED) is 0.643. The molecule has 6 nitrogen and oxygen atoms in total. The maximum absolute atomic E-state index is 11.3. The van der Waals surface area contributed by atoms with Gasteiger partial charge in [0, 0.05) is 30.8 Å². The van der Waals surface area contributed by atoms with Crippen molar-refractivity contribution < 1.29 is 9.66 Å². The van der Waals surface area contributed by atoms with Gasteiger partial charge in [0.15, 0.2) is 0 Å². The zero-order chi connectivity index (χ0) is 14.8. The Balaban J connectivity index is 1.91.